The van der Waals surface area contributed by atoms with Gasteiger partial charge in [0.25, 0.3) is 0 Å². The summed E-state index contributed by atoms with van der Waals surface area (Å²) in [5, 5.41) is 0.479. The average Bonchev–Trinajstić information content (AvgIpc) is 3.25. The fourth-order valence-corrected chi connectivity index (χ4v) is 3.19. The third-order valence-corrected chi connectivity index (χ3v) is 4.60. The van der Waals surface area contributed by atoms with Crippen molar-refractivity contribution < 1.29 is 19.0 Å². The fourth-order valence-electron chi connectivity index (χ4n) is 3.03. The first-order valence-corrected chi connectivity index (χ1v) is 8.49. The topological polar surface area (TPSA) is 60.9 Å². The molecule has 3 heterocycles. The molecule has 1 saturated heterocycles. The molecule has 0 bridgehead atoms. The Bertz CT molecular complexity index is 798. The van der Waals surface area contributed by atoms with Crippen molar-refractivity contribution in [2.75, 3.05) is 19.9 Å². The molecule has 6 nitrogen and oxygen atoms in total. The first-order chi connectivity index (χ1) is 12.2. The smallest absolute Gasteiger partial charge is 0.231 e. The number of pyridine rings is 1. The van der Waals surface area contributed by atoms with Crippen LogP contribution in [-0.2, 0) is 11.2 Å². The summed E-state index contributed by atoms with van der Waals surface area (Å²) in [5.74, 6) is 2.10. The van der Waals surface area contributed by atoms with Gasteiger partial charge in [0.1, 0.15) is 16.9 Å². The summed E-state index contributed by atoms with van der Waals surface area (Å²) in [6.45, 7) is 1.47. The quantitative estimate of drug-likeness (QED) is 0.839. The average molecular weight is 361 g/mol. The minimum atomic E-state index is -0.0550. The maximum atomic E-state index is 12.5. The van der Waals surface area contributed by atoms with E-state index in [0.717, 1.165) is 17.7 Å². The molecule has 7 heteroatoms. The zero-order valence-electron chi connectivity index (χ0n) is 13.5. The number of fused-ring (bicyclic) bond motifs is 1. The van der Waals surface area contributed by atoms with Crippen LogP contribution >= 0.6 is 11.6 Å². The molecule has 1 atom stereocenters. The van der Waals surface area contributed by atoms with E-state index in [1.54, 1.807) is 18.5 Å². The predicted molar refractivity (Wildman–Crippen MR) is 91.1 cm³/mol. The number of amides is 1. The second-order valence-corrected chi connectivity index (χ2v) is 6.45. The molecule has 0 N–H and O–H groups in total. The van der Waals surface area contributed by atoms with E-state index in [4.69, 9.17) is 25.8 Å². The Morgan fingerprint density at radius 2 is 2.20 bits per heavy atom. The lowest BCUT2D eigenvalue weighted by Crippen LogP contribution is -2.32. The molecule has 1 amide bonds. The molecule has 0 radical (unpaired) electrons. The van der Waals surface area contributed by atoms with Gasteiger partial charge >= 0.3 is 0 Å². The van der Waals surface area contributed by atoms with Crippen molar-refractivity contribution in [1.29, 1.82) is 0 Å². The highest BCUT2D eigenvalue weighted by Crippen LogP contribution is 2.33. The first-order valence-electron chi connectivity index (χ1n) is 8.11. The maximum absolute atomic E-state index is 12.5. The molecule has 130 valence electrons. The van der Waals surface area contributed by atoms with Crippen LogP contribution in [0.3, 0.4) is 0 Å². The Morgan fingerprint density at radius 1 is 1.32 bits per heavy atom. The van der Waals surface area contributed by atoms with Gasteiger partial charge in [-0.25, -0.2) is 0 Å². The summed E-state index contributed by atoms with van der Waals surface area (Å²) in [5.41, 5.74) is 0.913. The van der Waals surface area contributed by atoms with Crippen molar-refractivity contribution in [2.45, 2.75) is 18.9 Å². The van der Waals surface area contributed by atoms with E-state index < -0.39 is 0 Å². The molecule has 0 spiro atoms. The number of benzene rings is 1. The van der Waals surface area contributed by atoms with Crippen molar-refractivity contribution >= 4 is 17.5 Å². The van der Waals surface area contributed by atoms with Gasteiger partial charge in [0.2, 0.25) is 12.7 Å². The lowest BCUT2D eigenvalue weighted by Gasteiger charge is -2.18. The van der Waals surface area contributed by atoms with Crippen LogP contribution < -0.4 is 14.2 Å². The van der Waals surface area contributed by atoms with E-state index in [2.05, 4.69) is 4.98 Å². The second-order valence-electron chi connectivity index (χ2n) is 6.04. The van der Waals surface area contributed by atoms with Gasteiger partial charge in [0.15, 0.2) is 11.5 Å². The molecule has 0 unspecified atom stereocenters. The Kier molecular flexibility index (Phi) is 4.36. The number of nitrogens with zero attached hydrogens (tertiary/aromatic N) is 2. The molecule has 1 aromatic carbocycles. The number of likely N-dealkylation sites (tertiary alicyclic amines) is 1. The second kappa shape index (κ2) is 6.80. The van der Waals surface area contributed by atoms with Crippen LogP contribution in [0.1, 0.15) is 12.0 Å². The molecule has 2 aromatic rings. The standard InChI is InChI=1S/C18H17ClN2O4/c19-14-9-20-5-3-15(14)25-13-4-6-21(10-13)18(22)8-12-1-2-16-17(7-12)24-11-23-16/h1-3,5,7,9,13H,4,6,8,10-11H2/t13-/m1/s1. The Hall–Kier alpha value is -2.47. The number of carbonyl (C=O) groups excluding carboxylic acids is 1. The lowest BCUT2D eigenvalue weighted by molar-refractivity contribution is -0.129. The Balaban J connectivity index is 1.35. The van der Waals surface area contributed by atoms with Crippen LogP contribution in [0.15, 0.2) is 36.7 Å². The van der Waals surface area contributed by atoms with E-state index in [0.29, 0.717) is 36.0 Å². The van der Waals surface area contributed by atoms with E-state index >= 15 is 0 Å². The molecule has 25 heavy (non-hydrogen) atoms. The number of halogens is 1. The zero-order valence-corrected chi connectivity index (χ0v) is 14.2. The highest BCUT2D eigenvalue weighted by atomic mass is 35.5. The van der Waals surface area contributed by atoms with E-state index in [1.807, 2.05) is 23.1 Å². The van der Waals surface area contributed by atoms with Gasteiger partial charge in [0.05, 0.1) is 13.0 Å². The highest BCUT2D eigenvalue weighted by Gasteiger charge is 2.28. The number of ether oxygens (including phenoxy) is 3. The SMILES string of the molecule is O=C(Cc1ccc2c(c1)OCO2)N1CC[C@@H](Oc2ccncc2Cl)C1. The van der Waals surface area contributed by atoms with Crippen LogP contribution in [0.4, 0.5) is 0 Å². The third-order valence-electron chi connectivity index (χ3n) is 4.32. The largest absolute Gasteiger partial charge is 0.487 e. The van der Waals surface area contributed by atoms with Gasteiger partial charge in [-0.3, -0.25) is 9.78 Å². The van der Waals surface area contributed by atoms with Gasteiger partial charge in [0, 0.05) is 31.4 Å². The van der Waals surface area contributed by atoms with Gasteiger partial charge in [-0.2, -0.15) is 0 Å². The summed E-state index contributed by atoms with van der Waals surface area (Å²) in [6, 6.07) is 7.33. The summed E-state index contributed by atoms with van der Waals surface area (Å²) in [7, 11) is 0. The molecule has 0 aliphatic carbocycles. The third kappa shape index (κ3) is 3.49. The molecule has 4 rings (SSSR count). The molecular weight excluding hydrogens is 344 g/mol. The zero-order chi connectivity index (χ0) is 17.2. The molecule has 1 aromatic heterocycles. The fraction of sp³-hybridized carbons (Fsp3) is 0.333. The summed E-state index contributed by atoms with van der Waals surface area (Å²) in [6.07, 6.45) is 4.25. The van der Waals surface area contributed by atoms with E-state index in [1.165, 1.54) is 0 Å². The van der Waals surface area contributed by atoms with Crippen molar-refractivity contribution in [3.8, 4) is 17.2 Å². The van der Waals surface area contributed by atoms with Crippen LogP contribution in [0.2, 0.25) is 5.02 Å². The Labute approximate surface area is 150 Å². The normalized spacial score (nSPS) is 18.4. The minimum absolute atomic E-state index is 0.0550. The number of rotatable bonds is 4. The number of aromatic nitrogens is 1. The van der Waals surface area contributed by atoms with Crippen LogP contribution in [-0.4, -0.2) is 41.8 Å². The van der Waals surface area contributed by atoms with Gasteiger partial charge in [-0.15, -0.1) is 0 Å². The van der Waals surface area contributed by atoms with Crippen LogP contribution in [0.5, 0.6) is 17.2 Å². The van der Waals surface area contributed by atoms with Gasteiger partial charge in [-0.1, -0.05) is 17.7 Å². The first kappa shape index (κ1) is 16.0. The van der Waals surface area contributed by atoms with Gasteiger partial charge in [-0.05, 0) is 17.7 Å². The number of carbonyl (C=O) groups is 1. The van der Waals surface area contributed by atoms with E-state index in [9.17, 15) is 4.79 Å². The Morgan fingerprint density at radius 3 is 3.08 bits per heavy atom. The maximum Gasteiger partial charge on any atom is 0.231 e. The molecular formula is C18H17ClN2O4. The monoisotopic (exact) mass is 360 g/mol. The number of hydrogen-bond acceptors (Lipinski definition) is 5. The van der Waals surface area contributed by atoms with Crippen molar-refractivity contribution in [1.82, 2.24) is 9.88 Å². The minimum Gasteiger partial charge on any atom is -0.487 e. The summed E-state index contributed by atoms with van der Waals surface area (Å²) >= 11 is 6.07. The molecule has 0 saturated carbocycles. The highest BCUT2D eigenvalue weighted by molar-refractivity contribution is 6.31. The van der Waals surface area contributed by atoms with Crippen molar-refractivity contribution in [2.24, 2.45) is 0 Å². The summed E-state index contributed by atoms with van der Waals surface area (Å²) < 4.78 is 16.5. The predicted octanol–water partition coefficient (Wildman–Crippen LogP) is 2.69. The molecule has 1 fully saturated rings. The van der Waals surface area contributed by atoms with Crippen molar-refractivity contribution in [3.63, 3.8) is 0 Å². The number of hydrogen-bond donors (Lipinski definition) is 0. The van der Waals surface area contributed by atoms with Crippen LogP contribution in [0.25, 0.3) is 0 Å². The lowest BCUT2D eigenvalue weighted by atomic mass is 10.1. The molecule has 2 aliphatic heterocycles. The van der Waals surface area contributed by atoms with Crippen LogP contribution in [0, 0.1) is 0 Å². The van der Waals surface area contributed by atoms with E-state index in [-0.39, 0.29) is 18.8 Å². The summed E-state index contributed by atoms with van der Waals surface area (Å²) in [4.78, 5) is 18.3. The van der Waals surface area contributed by atoms with Crippen molar-refractivity contribution in [3.05, 3.63) is 47.2 Å². The van der Waals surface area contributed by atoms with Gasteiger partial charge < -0.3 is 19.1 Å². The molecule has 2 aliphatic rings.